The fraction of sp³-hybridized carbons (Fsp3) is 0.241. The zero-order valence-corrected chi connectivity index (χ0v) is 22.6. The average molecular weight is 556 g/mol. The minimum atomic E-state index is -1.11. The SMILES string of the molecule is CC(=O)OC(C)C(=O)OCCOC(=O)N(c1ccc(C(=O)c2ccccc2C)c(Cl)c1)c1ccc(F)cc1C. The van der Waals surface area contributed by atoms with Crippen LogP contribution in [0.5, 0.6) is 0 Å². The second kappa shape index (κ2) is 13.0. The first-order chi connectivity index (χ1) is 18.5. The van der Waals surface area contributed by atoms with E-state index in [9.17, 15) is 23.6 Å². The second-order valence-electron chi connectivity index (χ2n) is 8.61. The number of esters is 2. The van der Waals surface area contributed by atoms with E-state index in [0.717, 1.165) is 12.5 Å². The van der Waals surface area contributed by atoms with E-state index in [2.05, 4.69) is 0 Å². The Bertz CT molecular complexity index is 1410. The van der Waals surface area contributed by atoms with Gasteiger partial charge in [0.25, 0.3) is 0 Å². The van der Waals surface area contributed by atoms with Crippen LogP contribution in [0.25, 0.3) is 0 Å². The van der Waals surface area contributed by atoms with Gasteiger partial charge in [-0.25, -0.2) is 18.9 Å². The van der Waals surface area contributed by atoms with E-state index in [-0.39, 0.29) is 35.3 Å². The summed E-state index contributed by atoms with van der Waals surface area (Å²) in [5.41, 5.74) is 2.54. The minimum Gasteiger partial charge on any atom is -0.459 e. The third kappa shape index (κ3) is 7.42. The van der Waals surface area contributed by atoms with Crippen LogP contribution in [0.3, 0.4) is 0 Å². The van der Waals surface area contributed by atoms with Crippen molar-refractivity contribution in [1.29, 1.82) is 0 Å². The van der Waals surface area contributed by atoms with Gasteiger partial charge < -0.3 is 14.2 Å². The molecule has 0 saturated heterocycles. The molecule has 3 aromatic rings. The number of nitrogens with zero attached hydrogens (tertiary/aromatic N) is 1. The van der Waals surface area contributed by atoms with E-state index in [0.29, 0.717) is 16.8 Å². The molecule has 0 aliphatic rings. The normalized spacial score (nSPS) is 11.3. The number of rotatable bonds is 9. The molecule has 0 bridgehead atoms. The van der Waals surface area contributed by atoms with Crippen LogP contribution >= 0.6 is 11.6 Å². The molecule has 0 N–H and O–H groups in total. The summed E-state index contributed by atoms with van der Waals surface area (Å²) >= 11 is 6.50. The van der Waals surface area contributed by atoms with Crippen LogP contribution in [0.1, 0.15) is 40.9 Å². The maximum atomic E-state index is 13.8. The predicted octanol–water partition coefficient (Wildman–Crippen LogP) is 6.10. The number of carbonyl (C=O) groups excluding carboxylic acids is 4. The number of carbonyl (C=O) groups is 4. The molecule has 0 heterocycles. The molecule has 0 radical (unpaired) electrons. The molecular weight excluding hydrogens is 529 g/mol. The standard InChI is InChI=1S/C29H27ClFNO7/c1-17-7-5-6-8-23(17)27(34)24-11-10-22(16-25(24)30)32(26-12-9-21(31)15-18(26)2)29(36)38-14-13-37-28(35)19(3)39-20(4)33/h5-12,15-16,19H,13-14H2,1-4H3. The number of anilines is 2. The fourth-order valence-electron chi connectivity index (χ4n) is 3.76. The molecule has 10 heteroatoms. The van der Waals surface area contributed by atoms with Crippen LogP contribution < -0.4 is 4.90 Å². The van der Waals surface area contributed by atoms with Crippen LogP contribution in [0, 0.1) is 19.7 Å². The van der Waals surface area contributed by atoms with Crippen molar-refractivity contribution in [1.82, 2.24) is 0 Å². The molecule has 0 fully saturated rings. The van der Waals surface area contributed by atoms with E-state index < -0.39 is 30.0 Å². The topological polar surface area (TPSA) is 99.2 Å². The van der Waals surface area contributed by atoms with Crippen molar-refractivity contribution in [2.45, 2.75) is 33.8 Å². The van der Waals surface area contributed by atoms with Crippen molar-refractivity contribution in [3.8, 4) is 0 Å². The highest BCUT2D eigenvalue weighted by Crippen LogP contribution is 2.33. The maximum absolute atomic E-state index is 13.8. The van der Waals surface area contributed by atoms with Gasteiger partial charge in [-0.3, -0.25) is 9.59 Å². The first kappa shape index (κ1) is 29.3. The number of hydrogen-bond donors (Lipinski definition) is 0. The van der Waals surface area contributed by atoms with Crippen LogP contribution in [-0.2, 0) is 23.8 Å². The zero-order chi connectivity index (χ0) is 28.7. The van der Waals surface area contributed by atoms with Crippen molar-refractivity contribution >= 4 is 46.8 Å². The van der Waals surface area contributed by atoms with Gasteiger partial charge in [0.1, 0.15) is 19.0 Å². The molecule has 8 nitrogen and oxygen atoms in total. The lowest BCUT2D eigenvalue weighted by atomic mass is 9.99. The molecule has 39 heavy (non-hydrogen) atoms. The van der Waals surface area contributed by atoms with E-state index in [1.54, 1.807) is 19.1 Å². The molecular formula is C29H27ClFNO7. The van der Waals surface area contributed by atoms with E-state index in [1.807, 2.05) is 19.1 Å². The minimum absolute atomic E-state index is 0.103. The smallest absolute Gasteiger partial charge is 0.419 e. The lowest BCUT2D eigenvalue weighted by Gasteiger charge is -2.24. The number of ether oxygens (including phenoxy) is 3. The van der Waals surface area contributed by atoms with E-state index >= 15 is 0 Å². The Morgan fingerprint density at radius 3 is 2.23 bits per heavy atom. The Morgan fingerprint density at radius 1 is 0.897 bits per heavy atom. The second-order valence-corrected chi connectivity index (χ2v) is 9.02. The summed E-state index contributed by atoms with van der Waals surface area (Å²) in [5.74, 6) is -2.20. The van der Waals surface area contributed by atoms with Crippen LogP contribution in [0.2, 0.25) is 5.02 Å². The van der Waals surface area contributed by atoms with Crippen molar-refractivity contribution in [3.63, 3.8) is 0 Å². The molecule has 0 aliphatic heterocycles. The Hall–Kier alpha value is -4.24. The Kier molecular flexibility index (Phi) is 9.78. The van der Waals surface area contributed by atoms with Crippen LogP contribution in [-0.4, -0.2) is 43.1 Å². The number of aryl methyl sites for hydroxylation is 2. The van der Waals surface area contributed by atoms with E-state index in [1.165, 1.54) is 48.2 Å². The first-order valence-corrected chi connectivity index (χ1v) is 12.3. The Labute approximate surface area is 230 Å². The van der Waals surface area contributed by atoms with Gasteiger partial charge in [0.2, 0.25) is 0 Å². The number of halogens is 2. The summed E-state index contributed by atoms with van der Waals surface area (Å²) in [5, 5.41) is 0.103. The zero-order valence-electron chi connectivity index (χ0n) is 21.8. The molecule has 0 aliphatic carbocycles. The molecule has 1 unspecified atom stereocenters. The quantitative estimate of drug-likeness (QED) is 0.136. The molecule has 0 aromatic heterocycles. The largest absolute Gasteiger partial charge is 0.459 e. The highest BCUT2D eigenvalue weighted by Gasteiger charge is 2.24. The summed E-state index contributed by atoms with van der Waals surface area (Å²) in [6, 6.07) is 15.4. The Balaban J connectivity index is 1.83. The van der Waals surface area contributed by atoms with Gasteiger partial charge in [0, 0.05) is 18.1 Å². The van der Waals surface area contributed by atoms with Gasteiger partial charge in [-0.15, -0.1) is 0 Å². The lowest BCUT2D eigenvalue weighted by Crippen LogP contribution is -2.30. The van der Waals surface area contributed by atoms with Gasteiger partial charge in [-0.1, -0.05) is 35.9 Å². The first-order valence-electron chi connectivity index (χ1n) is 12.0. The van der Waals surface area contributed by atoms with Crippen molar-refractivity contribution in [2.75, 3.05) is 18.1 Å². The molecule has 0 saturated carbocycles. The van der Waals surface area contributed by atoms with Crippen molar-refractivity contribution < 1.29 is 37.8 Å². The third-order valence-electron chi connectivity index (χ3n) is 5.66. The number of amides is 1. The van der Waals surface area contributed by atoms with Gasteiger partial charge >= 0.3 is 18.0 Å². The number of benzene rings is 3. The van der Waals surface area contributed by atoms with Crippen molar-refractivity contribution in [2.24, 2.45) is 0 Å². The van der Waals surface area contributed by atoms with Crippen molar-refractivity contribution in [3.05, 3.63) is 93.8 Å². The predicted molar refractivity (Wildman–Crippen MR) is 143 cm³/mol. The summed E-state index contributed by atoms with van der Waals surface area (Å²) in [6.45, 7) is 5.34. The maximum Gasteiger partial charge on any atom is 0.419 e. The summed E-state index contributed by atoms with van der Waals surface area (Å²) in [4.78, 5) is 50.3. The molecule has 0 spiro atoms. The number of hydrogen-bond acceptors (Lipinski definition) is 7. The lowest BCUT2D eigenvalue weighted by molar-refractivity contribution is -0.165. The Morgan fingerprint density at radius 2 is 1.59 bits per heavy atom. The van der Waals surface area contributed by atoms with Crippen LogP contribution in [0.15, 0.2) is 60.7 Å². The molecule has 3 rings (SSSR count). The summed E-state index contributed by atoms with van der Waals surface area (Å²) < 4.78 is 28.8. The third-order valence-corrected chi connectivity index (χ3v) is 5.97. The van der Waals surface area contributed by atoms with E-state index in [4.69, 9.17) is 25.8 Å². The fourth-order valence-corrected chi connectivity index (χ4v) is 4.02. The van der Waals surface area contributed by atoms with Crippen LogP contribution in [0.4, 0.5) is 20.6 Å². The average Bonchev–Trinajstić information content (AvgIpc) is 2.87. The monoisotopic (exact) mass is 555 g/mol. The highest BCUT2D eigenvalue weighted by atomic mass is 35.5. The summed E-state index contributed by atoms with van der Waals surface area (Å²) in [7, 11) is 0. The van der Waals surface area contributed by atoms with Gasteiger partial charge in [0.15, 0.2) is 11.9 Å². The van der Waals surface area contributed by atoms with Gasteiger partial charge in [-0.2, -0.15) is 0 Å². The summed E-state index contributed by atoms with van der Waals surface area (Å²) in [6.07, 6.45) is -1.97. The number of ketones is 1. The van der Waals surface area contributed by atoms with Gasteiger partial charge in [0.05, 0.1) is 16.4 Å². The molecule has 204 valence electrons. The molecule has 1 amide bonds. The highest BCUT2D eigenvalue weighted by molar-refractivity contribution is 6.35. The van der Waals surface area contributed by atoms with Gasteiger partial charge in [-0.05, 0) is 68.3 Å². The molecule has 3 aromatic carbocycles. The molecule has 1 atom stereocenters.